The molecule has 0 saturated heterocycles. The van der Waals surface area contributed by atoms with Crippen LogP contribution in [0.5, 0.6) is 5.75 Å². The molecular formula is C17H26BrClO. The minimum Gasteiger partial charge on any atom is -0.493 e. The number of halogens is 2. The number of hydrogen-bond acceptors (Lipinski definition) is 1. The average molecular weight is 362 g/mol. The van der Waals surface area contributed by atoms with Gasteiger partial charge < -0.3 is 4.74 Å². The summed E-state index contributed by atoms with van der Waals surface area (Å²) in [5.74, 6) is 1.41. The number of alkyl halides is 1. The Balaban J connectivity index is 2.09. The summed E-state index contributed by atoms with van der Waals surface area (Å²) in [4.78, 5) is 0. The Morgan fingerprint density at radius 3 is 2.30 bits per heavy atom. The first-order chi connectivity index (χ1) is 9.77. The summed E-state index contributed by atoms with van der Waals surface area (Å²) in [7, 11) is 0. The maximum Gasteiger partial charge on any atom is 0.123 e. The molecule has 0 fully saturated rings. The molecule has 1 nitrogen and oxygen atoms in total. The fourth-order valence-electron chi connectivity index (χ4n) is 2.21. The summed E-state index contributed by atoms with van der Waals surface area (Å²) < 4.78 is 6.87. The quantitative estimate of drug-likeness (QED) is 0.314. The molecule has 0 aliphatic rings. The third-order valence-electron chi connectivity index (χ3n) is 3.42. The van der Waals surface area contributed by atoms with Crippen LogP contribution in [0.1, 0.15) is 63.9 Å². The van der Waals surface area contributed by atoms with Gasteiger partial charge in [0.15, 0.2) is 0 Å². The van der Waals surface area contributed by atoms with Gasteiger partial charge in [0.05, 0.1) is 12.5 Å². The normalized spacial score (nSPS) is 10.8. The molecule has 1 rings (SSSR count). The summed E-state index contributed by atoms with van der Waals surface area (Å²) in [6, 6.07) is 6.02. The highest BCUT2D eigenvalue weighted by Crippen LogP contribution is 2.25. The fraction of sp³-hybridized carbons (Fsp3) is 0.647. The lowest BCUT2D eigenvalue weighted by Gasteiger charge is -2.10. The molecule has 0 N–H and O–H groups in total. The van der Waals surface area contributed by atoms with E-state index < -0.39 is 0 Å². The van der Waals surface area contributed by atoms with Crippen LogP contribution in [0, 0.1) is 0 Å². The predicted molar refractivity (Wildman–Crippen MR) is 91.8 cm³/mol. The second-order valence-electron chi connectivity index (χ2n) is 5.21. The predicted octanol–water partition coefficient (Wildman–Crippen LogP) is 6.71. The highest BCUT2D eigenvalue weighted by molar-refractivity contribution is 9.10. The Hall–Kier alpha value is -0.210. The zero-order chi connectivity index (χ0) is 14.6. The molecule has 3 heteroatoms. The van der Waals surface area contributed by atoms with Crippen molar-refractivity contribution in [2.24, 2.45) is 0 Å². The molecule has 0 aliphatic carbocycles. The largest absolute Gasteiger partial charge is 0.493 e. The Morgan fingerprint density at radius 2 is 1.65 bits per heavy atom. The van der Waals surface area contributed by atoms with E-state index in [1.54, 1.807) is 0 Å². The van der Waals surface area contributed by atoms with E-state index in [9.17, 15) is 0 Å². The van der Waals surface area contributed by atoms with Gasteiger partial charge in [-0.25, -0.2) is 0 Å². The molecule has 0 amide bonds. The van der Waals surface area contributed by atoms with Crippen molar-refractivity contribution in [3.63, 3.8) is 0 Å². The number of rotatable bonds is 11. The first-order valence-corrected chi connectivity index (χ1v) is 9.08. The van der Waals surface area contributed by atoms with Gasteiger partial charge in [-0.1, -0.05) is 67.8 Å². The monoisotopic (exact) mass is 360 g/mol. The zero-order valence-corrected chi connectivity index (χ0v) is 14.8. The van der Waals surface area contributed by atoms with Gasteiger partial charge in [-0.05, 0) is 24.6 Å². The van der Waals surface area contributed by atoms with Crippen LogP contribution >= 0.6 is 27.5 Å². The van der Waals surface area contributed by atoms with Gasteiger partial charge in [-0.3, -0.25) is 0 Å². The summed E-state index contributed by atoms with van der Waals surface area (Å²) in [5, 5.41) is 0. The third kappa shape index (κ3) is 7.54. The molecule has 20 heavy (non-hydrogen) atoms. The van der Waals surface area contributed by atoms with Gasteiger partial charge >= 0.3 is 0 Å². The van der Waals surface area contributed by atoms with Crippen molar-refractivity contribution in [3.05, 3.63) is 28.2 Å². The lowest BCUT2D eigenvalue weighted by Crippen LogP contribution is -1.99. The van der Waals surface area contributed by atoms with Gasteiger partial charge in [0.2, 0.25) is 0 Å². The molecule has 114 valence electrons. The molecule has 0 spiro atoms. The van der Waals surface area contributed by atoms with E-state index in [1.165, 1.54) is 44.9 Å². The van der Waals surface area contributed by atoms with Crippen LogP contribution in [0.25, 0.3) is 0 Å². The van der Waals surface area contributed by atoms with Gasteiger partial charge in [-0.2, -0.15) is 0 Å². The van der Waals surface area contributed by atoms with E-state index >= 15 is 0 Å². The fourth-order valence-corrected chi connectivity index (χ4v) is 2.83. The van der Waals surface area contributed by atoms with Crippen LogP contribution in [-0.2, 0) is 5.88 Å². The maximum atomic E-state index is 5.93. The van der Waals surface area contributed by atoms with E-state index in [2.05, 4.69) is 22.9 Å². The van der Waals surface area contributed by atoms with Crippen LogP contribution in [0.15, 0.2) is 22.7 Å². The standard InChI is InChI=1S/C17H26BrClO/c1-2-3-4-5-6-7-8-9-12-20-17-11-10-16(18)13-15(17)14-19/h10-11,13H,2-9,12,14H2,1H3. The smallest absolute Gasteiger partial charge is 0.123 e. The molecule has 0 saturated carbocycles. The summed E-state index contributed by atoms with van der Waals surface area (Å²) in [5.41, 5.74) is 1.06. The summed E-state index contributed by atoms with van der Waals surface area (Å²) in [6.07, 6.45) is 10.6. The first kappa shape index (κ1) is 17.8. The van der Waals surface area contributed by atoms with Gasteiger partial charge in [0, 0.05) is 10.0 Å². The Bertz CT molecular complexity index is 368. The molecule has 0 aliphatic heterocycles. The number of ether oxygens (including phenoxy) is 1. The van der Waals surface area contributed by atoms with Crippen molar-refractivity contribution in [1.82, 2.24) is 0 Å². The summed E-state index contributed by atoms with van der Waals surface area (Å²) in [6.45, 7) is 3.05. The molecule has 0 atom stereocenters. The highest BCUT2D eigenvalue weighted by atomic mass is 79.9. The average Bonchev–Trinajstić information content (AvgIpc) is 2.46. The van der Waals surface area contributed by atoms with Gasteiger partial charge in [-0.15, -0.1) is 11.6 Å². The van der Waals surface area contributed by atoms with Crippen LogP contribution in [0.3, 0.4) is 0 Å². The lowest BCUT2D eigenvalue weighted by atomic mass is 10.1. The molecule has 0 heterocycles. The molecule has 1 aromatic carbocycles. The highest BCUT2D eigenvalue weighted by Gasteiger charge is 2.03. The second kappa shape index (κ2) is 11.4. The van der Waals surface area contributed by atoms with Crippen molar-refractivity contribution in [2.45, 2.75) is 64.2 Å². The van der Waals surface area contributed by atoms with Crippen molar-refractivity contribution in [3.8, 4) is 5.75 Å². The lowest BCUT2D eigenvalue weighted by molar-refractivity contribution is 0.302. The SMILES string of the molecule is CCCCCCCCCCOc1ccc(Br)cc1CCl. The Morgan fingerprint density at radius 1 is 1.00 bits per heavy atom. The molecular weight excluding hydrogens is 336 g/mol. The van der Waals surface area contributed by atoms with Crippen molar-refractivity contribution < 1.29 is 4.74 Å². The van der Waals surface area contributed by atoms with E-state index in [1.807, 2.05) is 18.2 Å². The molecule has 0 aromatic heterocycles. The van der Waals surface area contributed by atoms with Crippen LogP contribution in [-0.4, -0.2) is 6.61 Å². The molecule has 0 unspecified atom stereocenters. The molecule has 0 bridgehead atoms. The minimum absolute atomic E-state index is 0.492. The number of unbranched alkanes of at least 4 members (excludes halogenated alkanes) is 7. The van der Waals surface area contributed by atoms with Crippen molar-refractivity contribution in [1.29, 1.82) is 0 Å². The number of hydrogen-bond donors (Lipinski definition) is 0. The molecule has 1 aromatic rings. The number of benzene rings is 1. The van der Waals surface area contributed by atoms with Crippen LogP contribution in [0.2, 0.25) is 0 Å². The van der Waals surface area contributed by atoms with Crippen LogP contribution < -0.4 is 4.74 Å². The minimum atomic E-state index is 0.492. The molecule has 0 radical (unpaired) electrons. The van der Waals surface area contributed by atoms with Crippen molar-refractivity contribution in [2.75, 3.05) is 6.61 Å². The topological polar surface area (TPSA) is 9.23 Å². The Labute approximate surface area is 137 Å². The first-order valence-electron chi connectivity index (χ1n) is 7.75. The van der Waals surface area contributed by atoms with E-state index in [0.717, 1.165) is 28.8 Å². The third-order valence-corrected chi connectivity index (χ3v) is 4.20. The van der Waals surface area contributed by atoms with Gasteiger partial charge in [0.25, 0.3) is 0 Å². The maximum absolute atomic E-state index is 5.93. The van der Waals surface area contributed by atoms with Crippen molar-refractivity contribution >= 4 is 27.5 Å². The van der Waals surface area contributed by atoms with E-state index in [-0.39, 0.29) is 0 Å². The second-order valence-corrected chi connectivity index (χ2v) is 6.39. The summed E-state index contributed by atoms with van der Waals surface area (Å²) >= 11 is 9.38. The van der Waals surface area contributed by atoms with Gasteiger partial charge in [0.1, 0.15) is 5.75 Å². The van der Waals surface area contributed by atoms with E-state index in [0.29, 0.717) is 5.88 Å². The zero-order valence-electron chi connectivity index (χ0n) is 12.5. The van der Waals surface area contributed by atoms with E-state index in [4.69, 9.17) is 16.3 Å². The van der Waals surface area contributed by atoms with Crippen LogP contribution in [0.4, 0.5) is 0 Å². The Kier molecular flexibility index (Phi) is 10.2.